The van der Waals surface area contributed by atoms with Crippen molar-refractivity contribution in [3.05, 3.63) is 29.8 Å². The van der Waals surface area contributed by atoms with E-state index in [1.54, 1.807) is 7.11 Å². The molecule has 0 unspecified atom stereocenters. The van der Waals surface area contributed by atoms with Crippen molar-refractivity contribution < 1.29 is 26.3 Å². The summed E-state index contributed by atoms with van der Waals surface area (Å²) >= 11 is 0. The van der Waals surface area contributed by atoms with E-state index >= 15 is 0 Å². The van der Waals surface area contributed by atoms with Crippen LogP contribution in [0.5, 0.6) is 5.75 Å². The van der Waals surface area contributed by atoms with Crippen LogP contribution in [0.1, 0.15) is 25.3 Å². The third kappa shape index (κ3) is 7.15. The predicted octanol–water partition coefficient (Wildman–Crippen LogP) is 2.93. The van der Waals surface area contributed by atoms with E-state index in [9.17, 15) is 21.6 Å². The summed E-state index contributed by atoms with van der Waals surface area (Å²) in [4.78, 5) is 4.52. The first-order chi connectivity index (χ1) is 13.7. The maximum atomic E-state index is 12.7. The smallest absolute Gasteiger partial charge is 0.496 e. The molecule has 1 aliphatic rings. The fraction of sp³-hybridized carbons (Fsp3) is 0.611. The van der Waals surface area contributed by atoms with E-state index in [0.29, 0.717) is 42.7 Å². The number of rotatable bonds is 7. The van der Waals surface area contributed by atoms with Crippen LogP contribution in [0.3, 0.4) is 0 Å². The molecule has 1 saturated heterocycles. The first-order valence-electron chi connectivity index (χ1n) is 9.39. The van der Waals surface area contributed by atoms with Gasteiger partial charge in [-0.25, -0.2) is 13.4 Å². The van der Waals surface area contributed by atoms with Gasteiger partial charge in [-0.15, -0.1) is 24.0 Å². The lowest BCUT2D eigenvalue weighted by Crippen LogP contribution is -2.47. The lowest BCUT2D eigenvalue weighted by atomic mass is 9.98. The Morgan fingerprint density at radius 3 is 2.43 bits per heavy atom. The monoisotopic (exact) mass is 564 g/mol. The molecular weight excluding hydrogens is 536 g/mol. The molecule has 0 saturated carbocycles. The summed E-state index contributed by atoms with van der Waals surface area (Å²) in [5, 5.41) is 6.32. The van der Waals surface area contributed by atoms with Gasteiger partial charge in [-0.1, -0.05) is 18.2 Å². The van der Waals surface area contributed by atoms with Crippen LogP contribution < -0.4 is 15.4 Å². The Bertz CT molecular complexity index is 798. The summed E-state index contributed by atoms with van der Waals surface area (Å²) in [6, 6.07) is 7.55. The lowest BCUT2D eigenvalue weighted by molar-refractivity contribution is -0.0496. The van der Waals surface area contributed by atoms with Gasteiger partial charge in [0.1, 0.15) is 5.75 Å². The number of nitrogens with zero attached hydrogens (tertiary/aromatic N) is 2. The van der Waals surface area contributed by atoms with Crippen LogP contribution in [0.25, 0.3) is 0 Å². The van der Waals surface area contributed by atoms with Gasteiger partial charge < -0.3 is 15.4 Å². The SMILES string of the molecule is CCNC(=NCc1ccccc1OC)NCC1CCN(S(=O)(=O)C(F)(F)F)CC1.I. The Kier molecular flexibility index (Phi) is 10.6. The molecule has 2 N–H and O–H groups in total. The third-order valence-electron chi connectivity index (χ3n) is 4.71. The maximum absolute atomic E-state index is 12.7. The second-order valence-corrected chi connectivity index (χ2v) is 8.61. The van der Waals surface area contributed by atoms with E-state index in [4.69, 9.17) is 4.74 Å². The zero-order chi connectivity index (χ0) is 21.5. The zero-order valence-electron chi connectivity index (χ0n) is 16.9. The average molecular weight is 564 g/mol. The Hall–Kier alpha value is -1.28. The van der Waals surface area contributed by atoms with Crippen molar-refractivity contribution in [1.29, 1.82) is 0 Å². The van der Waals surface area contributed by atoms with Crippen molar-refractivity contribution in [2.45, 2.75) is 31.8 Å². The molecule has 1 aromatic rings. The summed E-state index contributed by atoms with van der Waals surface area (Å²) in [6.45, 7) is 3.21. The maximum Gasteiger partial charge on any atom is 0.511 e. The normalized spacial score (nSPS) is 16.6. The van der Waals surface area contributed by atoms with E-state index in [1.165, 1.54) is 0 Å². The van der Waals surface area contributed by atoms with Crippen molar-refractivity contribution >= 4 is 40.0 Å². The number of nitrogens with one attached hydrogen (secondary N) is 2. The van der Waals surface area contributed by atoms with Crippen LogP contribution in [0.15, 0.2) is 29.3 Å². The molecule has 30 heavy (non-hydrogen) atoms. The minimum atomic E-state index is -5.25. The van der Waals surface area contributed by atoms with Crippen molar-refractivity contribution in [1.82, 2.24) is 14.9 Å². The average Bonchev–Trinajstić information content (AvgIpc) is 2.69. The molecule has 12 heteroatoms. The van der Waals surface area contributed by atoms with E-state index in [0.717, 1.165) is 11.3 Å². The summed E-state index contributed by atoms with van der Waals surface area (Å²) in [5.41, 5.74) is -4.32. The van der Waals surface area contributed by atoms with Gasteiger partial charge in [0.15, 0.2) is 5.96 Å². The number of sulfonamides is 1. The highest BCUT2D eigenvalue weighted by molar-refractivity contribution is 14.0. The fourth-order valence-electron chi connectivity index (χ4n) is 3.08. The summed E-state index contributed by atoms with van der Waals surface area (Å²) < 4.78 is 66.8. The fourth-order valence-corrected chi connectivity index (χ4v) is 4.07. The van der Waals surface area contributed by atoms with Crippen LogP contribution >= 0.6 is 24.0 Å². The number of benzene rings is 1. The molecular formula is C18H28F3IN4O3S. The number of halogens is 4. The molecule has 0 spiro atoms. The largest absolute Gasteiger partial charge is 0.511 e. The summed E-state index contributed by atoms with van der Waals surface area (Å²) in [7, 11) is -3.65. The second-order valence-electron chi connectivity index (χ2n) is 6.68. The molecule has 172 valence electrons. The number of alkyl halides is 3. The van der Waals surface area contributed by atoms with Crippen LogP contribution in [0.2, 0.25) is 0 Å². The number of hydrogen-bond acceptors (Lipinski definition) is 4. The zero-order valence-corrected chi connectivity index (χ0v) is 20.1. The minimum absolute atomic E-state index is 0. The topological polar surface area (TPSA) is 83.0 Å². The van der Waals surface area contributed by atoms with Crippen molar-refractivity contribution in [2.75, 3.05) is 33.3 Å². The van der Waals surface area contributed by atoms with Gasteiger partial charge in [0.25, 0.3) is 0 Å². The molecule has 0 radical (unpaired) electrons. The van der Waals surface area contributed by atoms with Crippen molar-refractivity contribution in [3.8, 4) is 5.75 Å². The Morgan fingerprint density at radius 2 is 1.87 bits per heavy atom. The first kappa shape index (κ1) is 26.8. The number of para-hydroxylation sites is 1. The summed E-state index contributed by atoms with van der Waals surface area (Å²) in [6.07, 6.45) is 0.711. The van der Waals surface area contributed by atoms with Crippen LogP contribution in [0.4, 0.5) is 13.2 Å². The molecule has 1 aliphatic heterocycles. The van der Waals surface area contributed by atoms with E-state index in [2.05, 4.69) is 15.6 Å². The predicted molar refractivity (Wildman–Crippen MR) is 120 cm³/mol. The number of hydrogen-bond donors (Lipinski definition) is 2. The molecule has 2 rings (SSSR count). The highest BCUT2D eigenvalue weighted by Crippen LogP contribution is 2.30. The van der Waals surface area contributed by atoms with Crippen molar-refractivity contribution in [3.63, 3.8) is 0 Å². The standard InChI is InChI=1S/C18H27F3N4O3S.HI/c1-3-22-17(24-13-15-6-4-5-7-16(15)28-2)23-12-14-8-10-25(11-9-14)29(26,27)18(19,20)21;/h4-7,14H,3,8-13H2,1-2H3,(H2,22,23,24);1H. The van der Waals surface area contributed by atoms with E-state index in [1.807, 2.05) is 31.2 Å². The lowest BCUT2D eigenvalue weighted by Gasteiger charge is -2.31. The van der Waals surface area contributed by atoms with Gasteiger partial charge in [-0.3, -0.25) is 0 Å². The van der Waals surface area contributed by atoms with Crippen LogP contribution in [0, 0.1) is 5.92 Å². The molecule has 1 heterocycles. The molecule has 0 atom stereocenters. The van der Waals surface area contributed by atoms with Gasteiger partial charge in [-0.05, 0) is 31.7 Å². The van der Waals surface area contributed by atoms with Gasteiger partial charge in [0.2, 0.25) is 0 Å². The van der Waals surface area contributed by atoms with Crippen LogP contribution in [-0.4, -0.2) is 57.5 Å². The number of methoxy groups -OCH3 is 1. The number of piperidine rings is 1. The van der Waals surface area contributed by atoms with Gasteiger partial charge in [0, 0.05) is 31.7 Å². The first-order valence-corrected chi connectivity index (χ1v) is 10.8. The van der Waals surface area contributed by atoms with E-state index < -0.39 is 15.5 Å². The van der Waals surface area contributed by atoms with Gasteiger partial charge >= 0.3 is 15.5 Å². The number of aliphatic imine (C=N–C) groups is 1. The Balaban J connectivity index is 0.00000450. The summed E-state index contributed by atoms with van der Waals surface area (Å²) in [5.74, 6) is 1.39. The molecule has 0 aliphatic carbocycles. The minimum Gasteiger partial charge on any atom is -0.496 e. The van der Waals surface area contributed by atoms with E-state index in [-0.39, 0.29) is 43.0 Å². The third-order valence-corrected chi connectivity index (χ3v) is 6.34. The van der Waals surface area contributed by atoms with Crippen molar-refractivity contribution in [2.24, 2.45) is 10.9 Å². The number of ether oxygens (including phenoxy) is 1. The molecule has 1 fully saturated rings. The van der Waals surface area contributed by atoms with Gasteiger partial charge in [0.05, 0.1) is 13.7 Å². The highest BCUT2D eigenvalue weighted by Gasteiger charge is 2.50. The second kappa shape index (κ2) is 11.9. The molecule has 7 nitrogen and oxygen atoms in total. The molecule has 0 amide bonds. The number of guanidine groups is 1. The Morgan fingerprint density at radius 1 is 1.23 bits per heavy atom. The highest BCUT2D eigenvalue weighted by atomic mass is 127. The molecule has 1 aromatic carbocycles. The quantitative estimate of drug-likeness (QED) is 0.303. The van der Waals surface area contributed by atoms with Gasteiger partial charge in [-0.2, -0.15) is 17.5 Å². The molecule has 0 aromatic heterocycles. The molecule has 0 bridgehead atoms. The Labute approximate surface area is 192 Å². The van der Waals surface area contributed by atoms with Crippen LogP contribution in [-0.2, 0) is 16.6 Å².